The van der Waals surface area contributed by atoms with Crippen LogP contribution in [-0.4, -0.2) is 13.1 Å². The zero-order chi connectivity index (χ0) is 18.9. The lowest BCUT2D eigenvalue weighted by Gasteiger charge is -2.36. The van der Waals surface area contributed by atoms with Gasteiger partial charge in [0.25, 0.3) is 0 Å². The van der Waals surface area contributed by atoms with Crippen LogP contribution in [-0.2, 0) is 16.6 Å². The Morgan fingerprint density at radius 2 is 1.48 bits per heavy atom. The van der Waals surface area contributed by atoms with Crippen molar-refractivity contribution in [3.8, 4) is 0 Å². The Bertz CT molecular complexity index is 962. The summed E-state index contributed by atoms with van der Waals surface area (Å²) in [6.07, 6.45) is 5.14. The van der Waals surface area contributed by atoms with E-state index < -0.39 is 0 Å². The first-order valence-corrected chi connectivity index (χ1v) is 9.17. The summed E-state index contributed by atoms with van der Waals surface area (Å²) >= 11 is 0. The quantitative estimate of drug-likeness (QED) is 0.594. The van der Waals surface area contributed by atoms with Crippen LogP contribution in [0.25, 0.3) is 6.08 Å². The molecule has 0 amide bonds. The highest BCUT2D eigenvalue weighted by molar-refractivity contribution is 5.96. The van der Waals surface area contributed by atoms with E-state index in [0.717, 1.165) is 23.1 Å². The highest BCUT2D eigenvalue weighted by atomic mass is 16.5. The number of fused-ring (bicyclic) bond motifs is 1. The first kappa shape index (κ1) is 17.3. The molecule has 0 aromatic heterocycles. The standard InChI is InChI=1S/C25H22O2/c1-18-13-14-19-17-25(20-9-5-3-6-10-20,21-11-7-4-8-12-21)16-15-22(19)23(18)24(26)27-2/h3-16H,17H2,1-2H3. The van der Waals surface area contributed by atoms with E-state index in [1.165, 1.54) is 18.2 Å². The molecule has 0 atom stereocenters. The van der Waals surface area contributed by atoms with Gasteiger partial charge in [0.05, 0.1) is 12.7 Å². The zero-order valence-corrected chi connectivity index (χ0v) is 15.6. The summed E-state index contributed by atoms with van der Waals surface area (Å²) in [5.74, 6) is -0.277. The molecule has 0 spiro atoms. The van der Waals surface area contributed by atoms with Gasteiger partial charge >= 0.3 is 5.97 Å². The minimum Gasteiger partial charge on any atom is -0.465 e. The molecule has 134 valence electrons. The molecule has 2 heteroatoms. The van der Waals surface area contributed by atoms with Crippen LogP contribution in [0.5, 0.6) is 0 Å². The molecule has 3 aromatic rings. The number of esters is 1. The van der Waals surface area contributed by atoms with Gasteiger partial charge in [0.15, 0.2) is 0 Å². The molecule has 0 saturated carbocycles. The van der Waals surface area contributed by atoms with Gasteiger partial charge in [0.2, 0.25) is 0 Å². The Balaban J connectivity index is 1.92. The average Bonchev–Trinajstić information content (AvgIpc) is 2.74. The van der Waals surface area contributed by atoms with Crippen LogP contribution in [0.4, 0.5) is 0 Å². The summed E-state index contributed by atoms with van der Waals surface area (Å²) in [6, 6.07) is 25.3. The third kappa shape index (κ3) is 2.87. The van der Waals surface area contributed by atoms with Crippen molar-refractivity contribution in [1.29, 1.82) is 0 Å². The second-order valence-electron chi connectivity index (χ2n) is 7.04. The molecule has 0 radical (unpaired) electrons. The third-order valence-electron chi connectivity index (χ3n) is 5.52. The minimum absolute atomic E-state index is 0.252. The molecule has 3 aromatic carbocycles. The maximum Gasteiger partial charge on any atom is 0.338 e. The summed E-state index contributed by atoms with van der Waals surface area (Å²) in [4.78, 5) is 12.4. The summed E-state index contributed by atoms with van der Waals surface area (Å²) in [7, 11) is 1.44. The van der Waals surface area contributed by atoms with Crippen molar-refractivity contribution >= 4 is 12.0 Å². The van der Waals surface area contributed by atoms with Gasteiger partial charge in [0.1, 0.15) is 0 Å². The molecule has 0 aliphatic heterocycles. The fourth-order valence-corrected chi connectivity index (χ4v) is 4.11. The molecular weight excluding hydrogens is 332 g/mol. The predicted molar refractivity (Wildman–Crippen MR) is 109 cm³/mol. The summed E-state index contributed by atoms with van der Waals surface area (Å²) < 4.78 is 5.03. The second-order valence-corrected chi connectivity index (χ2v) is 7.04. The Labute approximate surface area is 160 Å². The summed E-state index contributed by atoms with van der Waals surface area (Å²) in [5.41, 5.74) is 5.99. The largest absolute Gasteiger partial charge is 0.465 e. The van der Waals surface area contributed by atoms with E-state index in [9.17, 15) is 4.79 Å². The van der Waals surface area contributed by atoms with E-state index in [-0.39, 0.29) is 11.4 Å². The molecule has 1 aliphatic carbocycles. The maximum atomic E-state index is 12.4. The van der Waals surface area contributed by atoms with E-state index in [2.05, 4.69) is 66.7 Å². The lowest BCUT2D eigenvalue weighted by Crippen LogP contribution is -2.31. The van der Waals surface area contributed by atoms with E-state index >= 15 is 0 Å². The number of hydrogen-bond donors (Lipinski definition) is 0. The molecule has 27 heavy (non-hydrogen) atoms. The number of ether oxygens (including phenoxy) is 1. The number of benzene rings is 3. The fourth-order valence-electron chi connectivity index (χ4n) is 4.11. The SMILES string of the molecule is COC(=O)c1c(C)ccc2c1C=CC(c1ccccc1)(c1ccccc1)C2. The highest BCUT2D eigenvalue weighted by Crippen LogP contribution is 2.42. The second kappa shape index (κ2) is 6.88. The van der Waals surface area contributed by atoms with Crippen LogP contribution >= 0.6 is 0 Å². The number of rotatable bonds is 3. The Hall–Kier alpha value is -3.13. The first-order chi connectivity index (χ1) is 13.2. The van der Waals surface area contributed by atoms with E-state index in [1.807, 2.05) is 25.1 Å². The fraction of sp³-hybridized carbons (Fsp3) is 0.160. The van der Waals surface area contributed by atoms with Crippen molar-refractivity contribution in [2.45, 2.75) is 18.8 Å². The van der Waals surface area contributed by atoms with Gasteiger partial charge in [-0.1, -0.05) is 84.9 Å². The van der Waals surface area contributed by atoms with Crippen LogP contribution in [0, 0.1) is 6.92 Å². The summed E-state index contributed by atoms with van der Waals surface area (Å²) in [5, 5.41) is 0. The van der Waals surface area contributed by atoms with Gasteiger partial charge in [-0.05, 0) is 41.2 Å². The van der Waals surface area contributed by atoms with Crippen LogP contribution in [0.3, 0.4) is 0 Å². The Morgan fingerprint density at radius 1 is 0.889 bits per heavy atom. The number of carbonyl (C=O) groups is 1. The van der Waals surface area contributed by atoms with Crippen molar-refractivity contribution in [3.63, 3.8) is 0 Å². The van der Waals surface area contributed by atoms with Crippen LogP contribution in [0.1, 0.15) is 38.2 Å². The van der Waals surface area contributed by atoms with Gasteiger partial charge < -0.3 is 4.74 Å². The van der Waals surface area contributed by atoms with Gasteiger partial charge in [0, 0.05) is 5.41 Å². The minimum atomic E-state index is -0.277. The molecule has 2 nitrogen and oxygen atoms in total. The number of methoxy groups -OCH3 is 1. The smallest absolute Gasteiger partial charge is 0.338 e. The molecule has 0 heterocycles. The maximum absolute atomic E-state index is 12.4. The molecule has 0 bridgehead atoms. The zero-order valence-electron chi connectivity index (χ0n) is 15.6. The molecule has 0 N–H and O–H groups in total. The van der Waals surface area contributed by atoms with Gasteiger partial charge in [-0.3, -0.25) is 0 Å². The lowest BCUT2D eigenvalue weighted by atomic mass is 9.67. The molecule has 0 saturated heterocycles. The van der Waals surface area contributed by atoms with Crippen LogP contribution in [0.15, 0.2) is 78.9 Å². The van der Waals surface area contributed by atoms with Crippen LogP contribution in [0.2, 0.25) is 0 Å². The third-order valence-corrected chi connectivity index (χ3v) is 5.52. The lowest BCUT2D eigenvalue weighted by molar-refractivity contribution is 0.0599. The monoisotopic (exact) mass is 354 g/mol. The van der Waals surface area contributed by atoms with E-state index in [4.69, 9.17) is 4.74 Å². The molecule has 0 fully saturated rings. The molecule has 0 unspecified atom stereocenters. The Kier molecular flexibility index (Phi) is 4.41. The Morgan fingerprint density at radius 3 is 2.04 bits per heavy atom. The number of hydrogen-bond acceptors (Lipinski definition) is 2. The van der Waals surface area contributed by atoms with Crippen molar-refractivity contribution < 1.29 is 9.53 Å². The topological polar surface area (TPSA) is 26.3 Å². The first-order valence-electron chi connectivity index (χ1n) is 9.17. The van der Waals surface area contributed by atoms with Crippen molar-refractivity contribution in [2.75, 3.05) is 7.11 Å². The number of allylic oxidation sites excluding steroid dienone is 1. The predicted octanol–water partition coefficient (Wildman–Crippen LogP) is 5.34. The van der Waals surface area contributed by atoms with Crippen molar-refractivity contribution in [1.82, 2.24) is 0 Å². The molecule has 1 aliphatic rings. The highest BCUT2D eigenvalue weighted by Gasteiger charge is 2.35. The van der Waals surface area contributed by atoms with Gasteiger partial charge in [-0.25, -0.2) is 4.79 Å². The van der Waals surface area contributed by atoms with Crippen molar-refractivity contribution in [2.24, 2.45) is 0 Å². The van der Waals surface area contributed by atoms with Crippen LogP contribution < -0.4 is 0 Å². The van der Waals surface area contributed by atoms with Gasteiger partial charge in [-0.15, -0.1) is 0 Å². The summed E-state index contributed by atoms with van der Waals surface area (Å²) in [6.45, 7) is 1.95. The van der Waals surface area contributed by atoms with Crippen molar-refractivity contribution in [3.05, 3.63) is 112 Å². The number of aryl methyl sites for hydroxylation is 1. The van der Waals surface area contributed by atoms with Gasteiger partial charge in [-0.2, -0.15) is 0 Å². The average molecular weight is 354 g/mol. The number of carbonyl (C=O) groups excluding carboxylic acids is 1. The molecular formula is C25H22O2. The normalized spacial score (nSPS) is 14.4. The van der Waals surface area contributed by atoms with E-state index in [1.54, 1.807) is 0 Å². The molecule has 4 rings (SSSR count). The van der Waals surface area contributed by atoms with E-state index in [0.29, 0.717) is 5.56 Å².